The summed E-state index contributed by atoms with van der Waals surface area (Å²) in [6, 6.07) is 47.8. The van der Waals surface area contributed by atoms with E-state index < -0.39 is 0 Å². The summed E-state index contributed by atoms with van der Waals surface area (Å²) in [7, 11) is 0. The molecule has 0 saturated heterocycles. The molecule has 0 fully saturated rings. The minimum atomic E-state index is 0.771. The number of nitrogens with zero attached hydrogens (tertiary/aromatic N) is 2. The molecule has 60 heavy (non-hydrogen) atoms. The van der Waals surface area contributed by atoms with Gasteiger partial charge in [0.15, 0.2) is 0 Å². The highest BCUT2D eigenvalue weighted by Crippen LogP contribution is 2.53. The molecule has 0 unspecified atom stereocenters. The van der Waals surface area contributed by atoms with Crippen molar-refractivity contribution in [3.63, 3.8) is 0 Å². The van der Waals surface area contributed by atoms with E-state index in [4.69, 9.17) is 4.98 Å². The fourth-order valence-electron chi connectivity index (χ4n) is 11.0. The molecular weight excluding hydrogens is 729 g/mol. The predicted octanol–water partition coefficient (Wildman–Crippen LogP) is 14.0. The van der Waals surface area contributed by atoms with Crippen LogP contribution in [0.4, 0.5) is 5.69 Å². The summed E-state index contributed by atoms with van der Waals surface area (Å²) >= 11 is 0. The smallest absolute Gasteiger partial charge is 0.0947 e. The Kier molecular flexibility index (Phi) is 6.37. The number of anilines is 1. The third-order valence-electron chi connectivity index (χ3n) is 13.4. The Hall–Kier alpha value is -7.82. The van der Waals surface area contributed by atoms with Crippen LogP contribution >= 0.6 is 0 Å². The monoisotopic (exact) mass is 762 g/mol. The van der Waals surface area contributed by atoms with Gasteiger partial charge in [-0.3, -0.25) is 4.98 Å². The highest BCUT2D eigenvalue weighted by molar-refractivity contribution is 6.44. The second-order valence-electron chi connectivity index (χ2n) is 16.5. The maximum absolute atomic E-state index is 5.28. The minimum Gasteiger partial charge on any atom is -0.387 e. The summed E-state index contributed by atoms with van der Waals surface area (Å²) in [4.78, 5) is 9.91. The summed E-state index contributed by atoms with van der Waals surface area (Å²) in [5, 5.41) is 28.9. The maximum Gasteiger partial charge on any atom is 0.0947 e. The van der Waals surface area contributed by atoms with Crippen molar-refractivity contribution in [2.75, 3.05) is 18.4 Å². The molecule has 4 nitrogen and oxygen atoms in total. The number of allylic oxidation sites excluding steroid dienone is 2. The number of aromatic nitrogens is 2. The number of hydrogen-bond donors (Lipinski definition) is 2. The van der Waals surface area contributed by atoms with Gasteiger partial charge in [0, 0.05) is 42.0 Å². The van der Waals surface area contributed by atoms with E-state index in [-0.39, 0.29) is 0 Å². The second kappa shape index (κ2) is 11.9. The Labute approximate surface area is 344 Å². The van der Waals surface area contributed by atoms with Crippen LogP contribution in [0.15, 0.2) is 164 Å². The lowest BCUT2D eigenvalue weighted by Crippen LogP contribution is -2.12. The summed E-state index contributed by atoms with van der Waals surface area (Å²) in [5.74, 6) is 0. The standard InChI is InChI=1S/C56H34N4/c1-2-12-38-37(11-1)49(34-9-5-23-57-29-34)53-42-16-4-15-41-44-27-46-36-21-19-33(48-22-20-32-18-17-31-8-7-25-59-55(31)56(32)60-48)26-43(36)39-13-3-14-40(51(39)46)45(44)28-47(52(41)42)54(53)50(38)35-10-6-24-58-30-35/h1-24,26-29,58-59H,25,30H2. The topological polar surface area (TPSA) is 49.8 Å². The average molecular weight is 763 g/mol. The van der Waals surface area contributed by atoms with Crippen molar-refractivity contribution < 1.29 is 0 Å². The molecule has 0 atom stereocenters. The number of nitrogens with one attached hydrogen (secondary N) is 2. The van der Waals surface area contributed by atoms with Crippen LogP contribution in [0.5, 0.6) is 0 Å². The van der Waals surface area contributed by atoms with Gasteiger partial charge in [0.25, 0.3) is 0 Å². The molecule has 4 heterocycles. The number of fused-ring (bicyclic) bond motifs is 13. The van der Waals surface area contributed by atoms with E-state index in [0.717, 1.165) is 46.5 Å². The molecule has 4 heteroatoms. The largest absolute Gasteiger partial charge is 0.387 e. The highest BCUT2D eigenvalue weighted by Gasteiger charge is 2.26. The van der Waals surface area contributed by atoms with Crippen LogP contribution in [0.3, 0.4) is 0 Å². The summed E-state index contributed by atoms with van der Waals surface area (Å²) in [6.07, 6.45) is 14.7. The normalized spacial score (nSPS) is 14.1. The summed E-state index contributed by atoms with van der Waals surface area (Å²) in [6.45, 7) is 1.59. The van der Waals surface area contributed by atoms with Crippen molar-refractivity contribution in [2.45, 2.75) is 0 Å². The van der Waals surface area contributed by atoms with Gasteiger partial charge < -0.3 is 10.6 Å². The molecule has 14 rings (SSSR count). The second-order valence-corrected chi connectivity index (χ2v) is 16.5. The molecule has 2 aromatic heterocycles. The fourth-order valence-corrected chi connectivity index (χ4v) is 11.0. The molecule has 278 valence electrons. The van der Waals surface area contributed by atoms with E-state index in [1.807, 2.05) is 18.6 Å². The predicted molar refractivity (Wildman–Crippen MR) is 255 cm³/mol. The zero-order chi connectivity index (χ0) is 39.1. The molecule has 0 spiro atoms. The van der Waals surface area contributed by atoms with Gasteiger partial charge in [-0.2, -0.15) is 0 Å². The molecule has 0 radical (unpaired) electrons. The minimum absolute atomic E-state index is 0.771. The zero-order valence-corrected chi connectivity index (χ0v) is 32.5. The van der Waals surface area contributed by atoms with Crippen LogP contribution in [0.2, 0.25) is 0 Å². The van der Waals surface area contributed by atoms with Crippen molar-refractivity contribution in [2.24, 2.45) is 0 Å². The van der Waals surface area contributed by atoms with Crippen LogP contribution in [0.25, 0.3) is 131 Å². The van der Waals surface area contributed by atoms with Crippen molar-refractivity contribution >= 4 is 114 Å². The van der Waals surface area contributed by atoms with Gasteiger partial charge in [0.05, 0.1) is 16.9 Å². The van der Waals surface area contributed by atoms with Crippen LogP contribution in [0.1, 0.15) is 11.1 Å². The Morgan fingerprint density at radius 2 is 1.25 bits per heavy atom. The van der Waals surface area contributed by atoms with Gasteiger partial charge in [-0.05, 0) is 151 Å². The fraction of sp³-hybridized carbons (Fsp3) is 0.0357. The van der Waals surface area contributed by atoms with Gasteiger partial charge in [-0.25, -0.2) is 4.98 Å². The molecular formula is C56H34N4. The zero-order valence-electron chi connectivity index (χ0n) is 32.5. The van der Waals surface area contributed by atoms with E-state index in [0.29, 0.717) is 0 Å². The van der Waals surface area contributed by atoms with Crippen LogP contribution in [-0.2, 0) is 0 Å². The number of dihydropyridines is 1. The lowest BCUT2D eigenvalue weighted by molar-refractivity contribution is 0.988. The third kappa shape index (κ3) is 4.24. The first kappa shape index (κ1) is 32.2. The van der Waals surface area contributed by atoms with E-state index in [2.05, 4.69) is 167 Å². The van der Waals surface area contributed by atoms with Crippen molar-refractivity contribution in [1.82, 2.24) is 15.3 Å². The van der Waals surface area contributed by atoms with E-state index in [9.17, 15) is 0 Å². The molecule has 12 aromatic rings. The van der Waals surface area contributed by atoms with Crippen molar-refractivity contribution in [3.8, 4) is 22.4 Å². The Morgan fingerprint density at radius 3 is 2.05 bits per heavy atom. The lowest BCUT2D eigenvalue weighted by Gasteiger charge is -2.19. The maximum atomic E-state index is 5.28. The molecule has 2 aliphatic rings. The molecule has 10 aromatic carbocycles. The lowest BCUT2D eigenvalue weighted by atomic mass is 9.86. The summed E-state index contributed by atoms with van der Waals surface area (Å²) in [5.41, 5.74) is 10.4. The van der Waals surface area contributed by atoms with Crippen molar-refractivity contribution in [3.05, 3.63) is 175 Å². The highest BCUT2D eigenvalue weighted by atomic mass is 14.9. The van der Waals surface area contributed by atoms with Gasteiger partial charge in [-0.1, -0.05) is 115 Å². The van der Waals surface area contributed by atoms with Gasteiger partial charge in [0.1, 0.15) is 0 Å². The third-order valence-corrected chi connectivity index (χ3v) is 13.4. The van der Waals surface area contributed by atoms with E-state index >= 15 is 0 Å². The molecule has 0 amide bonds. The molecule has 2 aliphatic heterocycles. The summed E-state index contributed by atoms with van der Waals surface area (Å²) < 4.78 is 0. The van der Waals surface area contributed by atoms with E-state index in [1.54, 1.807) is 0 Å². The van der Waals surface area contributed by atoms with Gasteiger partial charge >= 0.3 is 0 Å². The number of rotatable bonds is 3. The first-order valence-electron chi connectivity index (χ1n) is 20.8. The van der Waals surface area contributed by atoms with Crippen LogP contribution in [0, 0.1) is 0 Å². The SMILES string of the molecule is C1=CNCC(c2c3ccccc3c(-c3cccnc3)c3c4cccc5c6cc7c8ccc(-c9ccc%10ccc%11c(c%10n9)NCC=C%11)cc8c8cccc(c6cc(c23)c54)c87)=C1. The molecule has 0 saturated carbocycles. The quantitative estimate of drug-likeness (QED) is 0.176. The number of pyridine rings is 2. The molecule has 0 bridgehead atoms. The van der Waals surface area contributed by atoms with Crippen LogP contribution in [-0.4, -0.2) is 23.1 Å². The van der Waals surface area contributed by atoms with Gasteiger partial charge in [0.2, 0.25) is 0 Å². The van der Waals surface area contributed by atoms with Crippen molar-refractivity contribution in [1.29, 1.82) is 0 Å². The molecule has 2 N–H and O–H groups in total. The van der Waals surface area contributed by atoms with Gasteiger partial charge in [-0.15, -0.1) is 0 Å². The average Bonchev–Trinajstić information content (AvgIpc) is 3.81. The number of hydrogen-bond acceptors (Lipinski definition) is 4. The van der Waals surface area contributed by atoms with Crippen LogP contribution < -0.4 is 10.6 Å². The Bertz CT molecular complexity index is 3930. The Balaban J connectivity index is 1.09. The first-order chi connectivity index (χ1) is 29.8. The number of benzene rings is 8. The molecule has 0 aliphatic carbocycles. The Morgan fingerprint density at radius 1 is 0.517 bits per heavy atom. The first-order valence-corrected chi connectivity index (χ1v) is 20.8. The van der Waals surface area contributed by atoms with E-state index in [1.165, 1.54) is 108 Å².